The van der Waals surface area contributed by atoms with Crippen molar-refractivity contribution in [2.24, 2.45) is 0 Å². The second kappa shape index (κ2) is 4.55. The van der Waals surface area contributed by atoms with Crippen molar-refractivity contribution in [2.75, 3.05) is 0 Å². The number of aryl methyl sites for hydroxylation is 1. The first-order chi connectivity index (χ1) is 8.09. The molecule has 0 spiro atoms. The lowest BCUT2D eigenvalue weighted by atomic mass is 10.0. The Hall–Kier alpha value is -1.87. The molecule has 0 radical (unpaired) electrons. The third-order valence-corrected chi connectivity index (χ3v) is 2.84. The molecule has 2 aromatic rings. The van der Waals surface area contributed by atoms with Gasteiger partial charge in [-0.05, 0) is 24.6 Å². The minimum atomic E-state index is -0.383. The molecule has 0 saturated carbocycles. The molecule has 0 atom stereocenters. The first-order valence-electron chi connectivity index (χ1n) is 5.09. The molecule has 0 heterocycles. The Kier molecular flexibility index (Phi) is 3.11. The van der Waals surface area contributed by atoms with Crippen LogP contribution in [0.2, 0.25) is 5.02 Å². The minimum Gasteiger partial charge on any atom is -0.258 e. The van der Waals surface area contributed by atoms with Crippen LogP contribution in [-0.2, 0) is 0 Å². The molecular formula is C13H10ClNO2. The summed E-state index contributed by atoms with van der Waals surface area (Å²) in [6.07, 6.45) is 0. The monoisotopic (exact) mass is 247 g/mol. The van der Waals surface area contributed by atoms with Crippen molar-refractivity contribution in [3.63, 3.8) is 0 Å². The summed E-state index contributed by atoms with van der Waals surface area (Å²) in [6, 6.07) is 12.2. The van der Waals surface area contributed by atoms with Gasteiger partial charge in [0.1, 0.15) is 0 Å². The SMILES string of the molecule is Cc1ccc(-c2ccccc2Cl)c([N+](=O)[O-])c1. The highest BCUT2D eigenvalue weighted by molar-refractivity contribution is 6.33. The summed E-state index contributed by atoms with van der Waals surface area (Å²) in [5.74, 6) is 0. The van der Waals surface area contributed by atoms with E-state index in [9.17, 15) is 10.1 Å². The van der Waals surface area contributed by atoms with Gasteiger partial charge in [0.15, 0.2) is 0 Å². The van der Waals surface area contributed by atoms with Gasteiger partial charge in [-0.25, -0.2) is 0 Å². The minimum absolute atomic E-state index is 0.0816. The van der Waals surface area contributed by atoms with Gasteiger partial charge in [0.25, 0.3) is 5.69 Å². The van der Waals surface area contributed by atoms with E-state index < -0.39 is 0 Å². The van der Waals surface area contributed by atoms with E-state index in [4.69, 9.17) is 11.6 Å². The Morgan fingerprint density at radius 2 is 1.82 bits per heavy atom. The number of benzene rings is 2. The van der Waals surface area contributed by atoms with Crippen LogP contribution in [0.4, 0.5) is 5.69 Å². The molecular weight excluding hydrogens is 238 g/mol. The van der Waals surface area contributed by atoms with Crippen LogP contribution in [0.1, 0.15) is 5.56 Å². The summed E-state index contributed by atoms with van der Waals surface area (Å²) >= 11 is 6.05. The van der Waals surface area contributed by atoms with Crippen molar-refractivity contribution < 1.29 is 4.92 Å². The number of nitro benzene ring substituents is 1. The molecule has 86 valence electrons. The number of halogens is 1. The lowest BCUT2D eigenvalue weighted by Gasteiger charge is -2.06. The molecule has 4 heteroatoms. The zero-order valence-electron chi connectivity index (χ0n) is 9.18. The van der Waals surface area contributed by atoms with E-state index in [0.29, 0.717) is 16.1 Å². The van der Waals surface area contributed by atoms with Crippen LogP contribution in [0.15, 0.2) is 42.5 Å². The van der Waals surface area contributed by atoms with Crippen molar-refractivity contribution in [1.82, 2.24) is 0 Å². The molecule has 17 heavy (non-hydrogen) atoms. The first-order valence-corrected chi connectivity index (χ1v) is 5.47. The molecule has 2 rings (SSSR count). The van der Waals surface area contributed by atoms with Crippen molar-refractivity contribution in [3.8, 4) is 11.1 Å². The Bertz CT molecular complexity index is 581. The third kappa shape index (κ3) is 2.29. The van der Waals surface area contributed by atoms with E-state index in [1.54, 1.807) is 30.3 Å². The zero-order valence-corrected chi connectivity index (χ0v) is 9.94. The van der Waals surface area contributed by atoms with Gasteiger partial charge in [-0.1, -0.05) is 35.9 Å². The fraction of sp³-hybridized carbons (Fsp3) is 0.0769. The first kappa shape index (κ1) is 11.6. The number of hydrogen-bond donors (Lipinski definition) is 0. The van der Waals surface area contributed by atoms with Crippen LogP contribution in [0, 0.1) is 17.0 Å². The molecule has 0 aliphatic heterocycles. The summed E-state index contributed by atoms with van der Waals surface area (Å²) in [4.78, 5) is 10.6. The van der Waals surface area contributed by atoms with E-state index in [0.717, 1.165) is 5.56 Å². The van der Waals surface area contributed by atoms with Crippen LogP contribution in [0.25, 0.3) is 11.1 Å². The van der Waals surface area contributed by atoms with Crippen molar-refractivity contribution in [1.29, 1.82) is 0 Å². The molecule has 2 aromatic carbocycles. The van der Waals surface area contributed by atoms with Gasteiger partial charge in [0.05, 0.1) is 10.5 Å². The van der Waals surface area contributed by atoms with Gasteiger partial charge >= 0.3 is 0 Å². The lowest BCUT2D eigenvalue weighted by Crippen LogP contribution is -1.93. The summed E-state index contributed by atoms with van der Waals surface area (Å²) in [5.41, 5.74) is 2.16. The van der Waals surface area contributed by atoms with Crippen molar-refractivity contribution in [3.05, 3.63) is 63.2 Å². The predicted octanol–water partition coefficient (Wildman–Crippen LogP) is 4.22. The molecule has 0 aliphatic rings. The molecule has 0 aromatic heterocycles. The Balaban J connectivity index is 2.68. The largest absolute Gasteiger partial charge is 0.277 e. The van der Waals surface area contributed by atoms with Crippen LogP contribution < -0.4 is 0 Å². The number of hydrogen-bond acceptors (Lipinski definition) is 2. The van der Waals surface area contributed by atoms with E-state index >= 15 is 0 Å². The maximum absolute atomic E-state index is 11.0. The van der Waals surface area contributed by atoms with Crippen LogP contribution in [0.3, 0.4) is 0 Å². The average molecular weight is 248 g/mol. The second-order valence-electron chi connectivity index (χ2n) is 3.76. The molecule has 0 saturated heterocycles. The van der Waals surface area contributed by atoms with Crippen LogP contribution in [-0.4, -0.2) is 4.92 Å². The van der Waals surface area contributed by atoms with E-state index in [2.05, 4.69) is 0 Å². The van der Waals surface area contributed by atoms with Gasteiger partial charge < -0.3 is 0 Å². The van der Waals surface area contributed by atoms with Gasteiger partial charge in [-0.3, -0.25) is 10.1 Å². The summed E-state index contributed by atoms with van der Waals surface area (Å²) in [7, 11) is 0. The fourth-order valence-electron chi connectivity index (χ4n) is 1.70. The topological polar surface area (TPSA) is 43.1 Å². The highest BCUT2D eigenvalue weighted by atomic mass is 35.5. The highest BCUT2D eigenvalue weighted by Gasteiger charge is 2.16. The quantitative estimate of drug-likeness (QED) is 0.589. The van der Waals surface area contributed by atoms with Crippen LogP contribution in [0.5, 0.6) is 0 Å². The summed E-state index contributed by atoms with van der Waals surface area (Å²) in [5, 5.41) is 11.5. The molecule has 0 aliphatic carbocycles. The average Bonchev–Trinajstić information content (AvgIpc) is 2.30. The third-order valence-electron chi connectivity index (χ3n) is 2.51. The molecule has 0 N–H and O–H groups in total. The number of nitrogens with zero attached hydrogens (tertiary/aromatic N) is 1. The zero-order chi connectivity index (χ0) is 12.4. The molecule has 3 nitrogen and oxygen atoms in total. The van der Waals surface area contributed by atoms with E-state index in [-0.39, 0.29) is 10.6 Å². The Morgan fingerprint density at radius 3 is 2.47 bits per heavy atom. The standard InChI is InChI=1S/C13H10ClNO2/c1-9-6-7-11(13(8-9)15(16)17)10-4-2-3-5-12(10)14/h2-8H,1H3. The van der Waals surface area contributed by atoms with Gasteiger partial charge in [-0.2, -0.15) is 0 Å². The Morgan fingerprint density at radius 1 is 1.12 bits per heavy atom. The molecule has 0 bridgehead atoms. The maximum atomic E-state index is 11.0. The molecule has 0 amide bonds. The molecule has 0 fully saturated rings. The smallest absolute Gasteiger partial charge is 0.258 e. The molecule has 0 unspecified atom stereocenters. The normalized spacial score (nSPS) is 10.2. The highest BCUT2D eigenvalue weighted by Crippen LogP contribution is 2.34. The number of nitro groups is 1. The Labute approximate surface area is 104 Å². The van der Waals surface area contributed by atoms with Crippen molar-refractivity contribution in [2.45, 2.75) is 6.92 Å². The number of rotatable bonds is 2. The summed E-state index contributed by atoms with van der Waals surface area (Å²) in [6.45, 7) is 1.82. The van der Waals surface area contributed by atoms with Crippen molar-refractivity contribution >= 4 is 17.3 Å². The second-order valence-corrected chi connectivity index (χ2v) is 4.16. The van der Waals surface area contributed by atoms with Gasteiger partial charge in [-0.15, -0.1) is 0 Å². The lowest BCUT2D eigenvalue weighted by molar-refractivity contribution is -0.384. The van der Waals surface area contributed by atoms with Gasteiger partial charge in [0, 0.05) is 16.7 Å². The van der Waals surface area contributed by atoms with Crippen LogP contribution >= 0.6 is 11.6 Å². The maximum Gasteiger partial charge on any atom is 0.277 e. The fourth-order valence-corrected chi connectivity index (χ4v) is 1.94. The predicted molar refractivity (Wildman–Crippen MR) is 68.3 cm³/mol. The van der Waals surface area contributed by atoms with E-state index in [1.165, 1.54) is 0 Å². The van der Waals surface area contributed by atoms with Gasteiger partial charge in [0.2, 0.25) is 0 Å². The summed E-state index contributed by atoms with van der Waals surface area (Å²) < 4.78 is 0. The van der Waals surface area contributed by atoms with E-state index in [1.807, 2.05) is 19.1 Å².